The van der Waals surface area contributed by atoms with Crippen LogP contribution in [0.5, 0.6) is 5.75 Å². The number of hydrogen-bond acceptors (Lipinski definition) is 6. The summed E-state index contributed by atoms with van der Waals surface area (Å²) in [5.41, 5.74) is -0.148. The molecule has 0 amide bonds. The number of rotatable bonds is 6. The summed E-state index contributed by atoms with van der Waals surface area (Å²) >= 11 is 0. The van der Waals surface area contributed by atoms with E-state index < -0.39 is 34.6 Å². The maximum Gasteiger partial charge on any atom is 0.320 e. The van der Waals surface area contributed by atoms with Gasteiger partial charge in [0.2, 0.25) is 6.54 Å². The topological polar surface area (TPSA) is 95.7 Å². The molecule has 0 saturated heterocycles. The lowest BCUT2D eigenvalue weighted by Crippen LogP contribution is -2.46. The molecular weight excluding hydrogens is 350 g/mol. The lowest BCUT2D eigenvalue weighted by Gasteiger charge is -2.31. The fourth-order valence-electron chi connectivity index (χ4n) is 3.82. The lowest BCUT2D eigenvalue weighted by atomic mass is 9.69. The number of ether oxygens (including phenoxy) is 2. The first-order valence-corrected chi connectivity index (χ1v) is 8.41. The van der Waals surface area contributed by atoms with Crippen molar-refractivity contribution in [3.05, 3.63) is 75.3 Å². The maximum atomic E-state index is 13.4. The summed E-state index contributed by atoms with van der Waals surface area (Å²) in [5, 5.41) is 11.4. The van der Waals surface area contributed by atoms with Crippen molar-refractivity contribution in [3.8, 4) is 5.75 Å². The second-order valence-electron chi connectivity index (χ2n) is 6.47. The van der Waals surface area contributed by atoms with Crippen molar-refractivity contribution in [2.75, 3.05) is 20.8 Å². The van der Waals surface area contributed by atoms with E-state index in [1.807, 2.05) is 0 Å². The third-order valence-corrected chi connectivity index (χ3v) is 5.11. The van der Waals surface area contributed by atoms with Crippen molar-refractivity contribution in [3.63, 3.8) is 0 Å². The number of esters is 1. The zero-order chi connectivity index (χ0) is 19.6. The van der Waals surface area contributed by atoms with Gasteiger partial charge in [-0.1, -0.05) is 36.4 Å². The Morgan fingerprint density at radius 2 is 1.93 bits per heavy atom. The molecule has 0 saturated carbocycles. The highest BCUT2D eigenvalue weighted by atomic mass is 16.6. The molecule has 2 aromatic carbocycles. The minimum Gasteiger partial charge on any atom is -0.497 e. The largest absolute Gasteiger partial charge is 0.497 e. The fourth-order valence-corrected chi connectivity index (χ4v) is 3.82. The van der Waals surface area contributed by atoms with E-state index in [-0.39, 0.29) is 6.42 Å². The van der Waals surface area contributed by atoms with Crippen molar-refractivity contribution in [2.45, 2.75) is 12.3 Å². The smallest absolute Gasteiger partial charge is 0.320 e. The minimum absolute atomic E-state index is 0.0469. The van der Waals surface area contributed by atoms with E-state index in [4.69, 9.17) is 9.47 Å². The molecule has 0 radical (unpaired) electrons. The van der Waals surface area contributed by atoms with Crippen molar-refractivity contribution >= 4 is 11.8 Å². The molecule has 0 fully saturated rings. The number of ketones is 1. The third kappa shape index (κ3) is 3.05. The van der Waals surface area contributed by atoms with Crippen LogP contribution in [0.4, 0.5) is 0 Å². The summed E-state index contributed by atoms with van der Waals surface area (Å²) in [5.74, 6) is -1.71. The van der Waals surface area contributed by atoms with Gasteiger partial charge in [-0.05, 0) is 29.7 Å². The van der Waals surface area contributed by atoms with Crippen LogP contribution in [0.2, 0.25) is 0 Å². The van der Waals surface area contributed by atoms with Gasteiger partial charge in [0, 0.05) is 10.5 Å². The standard InChI is InChI=1S/C20H19NO6/c1-26-15-9-8-14-11-20(19(23)27-2,18(22)16(14)10-15)17(12-21(24)25)13-6-4-3-5-7-13/h3-10,17H,11-12H2,1-2H3/t17-,20+/m0/s1. The Hall–Kier alpha value is -3.22. The number of carbonyl (C=O) groups is 2. The van der Waals surface area contributed by atoms with Crippen LogP contribution in [-0.4, -0.2) is 37.4 Å². The van der Waals surface area contributed by atoms with Crippen molar-refractivity contribution in [2.24, 2.45) is 5.41 Å². The number of fused-ring (bicyclic) bond motifs is 1. The van der Waals surface area contributed by atoms with Gasteiger partial charge in [0.25, 0.3) is 0 Å². The maximum absolute atomic E-state index is 13.4. The molecule has 2 aromatic rings. The van der Waals surface area contributed by atoms with Crippen LogP contribution in [0.25, 0.3) is 0 Å². The summed E-state index contributed by atoms with van der Waals surface area (Å²) in [7, 11) is 2.67. The Balaban J connectivity index is 2.19. The average molecular weight is 369 g/mol. The molecule has 7 heteroatoms. The SMILES string of the molecule is COC(=O)[C@@]1([C@@H](C[N+](=O)[O-])c2ccccc2)Cc2ccc(OC)cc2C1=O. The van der Waals surface area contributed by atoms with Crippen LogP contribution >= 0.6 is 0 Å². The van der Waals surface area contributed by atoms with Gasteiger partial charge in [-0.25, -0.2) is 0 Å². The summed E-state index contributed by atoms with van der Waals surface area (Å²) in [6.07, 6.45) is 0.0469. The van der Waals surface area contributed by atoms with Crippen molar-refractivity contribution in [1.29, 1.82) is 0 Å². The highest BCUT2D eigenvalue weighted by molar-refractivity contribution is 6.17. The van der Waals surface area contributed by atoms with Crippen LogP contribution in [0.15, 0.2) is 48.5 Å². The van der Waals surface area contributed by atoms with Gasteiger partial charge in [-0.15, -0.1) is 0 Å². The Morgan fingerprint density at radius 1 is 1.22 bits per heavy atom. The van der Waals surface area contributed by atoms with Gasteiger partial charge in [-0.2, -0.15) is 0 Å². The van der Waals surface area contributed by atoms with Gasteiger partial charge in [0.1, 0.15) is 11.2 Å². The zero-order valence-corrected chi connectivity index (χ0v) is 15.0. The van der Waals surface area contributed by atoms with Crippen LogP contribution < -0.4 is 4.74 Å². The number of hydrogen-bond donors (Lipinski definition) is 0. The quantitative estimate of drug-likeness (QED) is 0.336. The molecule has 3 rings (SSSR count). The predicted octanol–water partition coefficient (Wildman–Crippen LogP) is 2.65. The van der Waals surface area contributed by atoms with Gasteiger partial charge >= 0.3 is 5.97 Å². The van der Waals surface area contributed by atoms with E-state index in [0.717, 1.165) is 0 Å². The molecule has 2 atom stereocenters. The van der Waals surface area contributed by atoms with Crippen molar-refractivity contribution in [1.82, 2.24) is 0 Å². The Labute approximate surface area is 156 Å². The Kier molecular flexibility index (Phi) is 4.94. The average Bonchev–Trinajstić information content (AvgIpc) is 2.98. The number of Topliss-reactive ketones (excluding diaryl/α,β-unsaturated/α-hetero) is 1. The number of carbonyl (C=O) groups excluding carboxylic acids is 2. The van der Waals surface area contributed by atoms with Gasteiger partial charge in [0.15, 0.2) is 5.78 Å². The molecule has 7 nitrogen and oxygen atoms in total. The highest BCUT2D eigenvalue weighted by Gasteiger charge is 2.59. The molecule has 1 aliphatic carbocycles. The van der Waals surface area contributed by atoms with E-state index in [2.05, 4.69) is 0 Å². The molecule has 0 aliphatic heterocycles. The second kappa shape index (κ2) is 7.19. The van der Waals surface area contributed by atoms with Crippen LogP contribution in [0, 0.1) is 15.5 Å². The molecule has 0 unspecified atom stereocenters. The first-order valence-electron chi connectivity index (χ1n) is 8.41. The van der Waals surface area contributed by atoms with E-state index in [1.54, 1.807) is 48.5 Å². The lowest BCUT2D eigenvalue weighted by molar-refractivity contribution is -0.485. The Morgan fingerprint density at radius 3 is 2.52 bits per heavy atom. The van der Waals surface area contributed by atoms with E-state index in [9.17, 15) is 19.7 Å². The normalized spacial score (nSPS) is 19.3. The number of nitrogens with zero attached hydrogens (tertiary/aromatic N) is 1. The monoisotopic (exact) mass is 369 g/mol. The number of nitro groups is 1. The van der Waals surface area contributed by atoms with Gasteiger partial charge in [-0.3, -0.25) is 19.7 Å². The van der Waals surface area contributed by atoms with E-state index in [0.29, 0.717) is 22.4 Å². The molecule has 0 spiro atoms. The molecule has 0 heterocycles. The third-order valence-electron chi connectivity index (χ3n) is 5.11. The highest BCUT2D eigenvalue weighted by Crippen LogP contribution is 2.48. The van der Waals surface area contributed by atoms with Crippen LogP contribution in [0.1, 0.15) is 27.4 Å². The second-order valence-corrected chi connectivity index (χ2v) is 6.47. The van der Waals surface area contributed by atoms with Gasteiger partial charge in [0.05, 0.1) is 20.1 Å². The summed E-state index contributed by atoms with van der Waals surface area (Å²) < 4.78 is 10.1. The molecule has 27 heavy (non-hydrogen) atoms. The first kappa shape index (κ1) is 18.6. The predicted molar refractivity (Wildman–Crippen MR) is 96.5 cm³/mol. The summed E-state index contributed by atoms with van der Waals surface area (Å²) in [4.78, 5) is 37.2. The molecule has 0 bridgehead atoms. The summed E-state index contributed by atoms with van der Waals surface area (Å²) in [6.45, 7) is -0.560. The number of methoxy groups -OCH3 is 2. The molecular formula is C20H19NO6. The number of benzene rings is 2. The zero-order valence-electron chi connectivity index (χ0n) is 15.0. The van der Waals surface area contributed by atoms with E-state index >= 15 is 0 Å². The Bertz CT molecular complexity index is 895. The molecule has 0 aromatic heterocycles. The van der Waals surface area contributed by atoms with Gasteiger partial charge < -0.3 is 9.47 Å². The van der Waals surface area contributed by atoms with Crippen molar-refractivity contribution < 1.29 is 24.0 Å². The minimum atomic E-state index is -1.68. The molecule has 0 N–H and O–H groups in total. The van der Waals surface area contributed by atoms with Crippen LogP contribution in [-0.2, 0) is 16.0 Å². The summed E-state index contributed by atoms with van der Waals surface area (Å²) in [6, 6.07) is 13.6. The van der Waals surface area contributed by atoms with E-state index in [1.165, 1.54) is 14.2 Å². The molecule has 1 aliphatic rings. The molecule has 140 valence electrons. The first-order chi connectivity index (χ1) is 12.9. The fraction of sp³-hybridized carbons (Fsp3) is 0.300. The van der Waals surface area contributed by atoms with Crippen LogP contribution in [0.3, 0.4) is 0 Å².